The Morgan fingerprint density at radius 2 is 1.77 bits per heavy atom. The van der Waals surface area contributed by atoms with Gasteiger partial charge in [0.25, 0.3) is 5.91 Å². The highest BCUT2D eigenvalue weighted by molar-refractivity contribution is 9.10. The second kappa shape index (κ2) is 10.6. The summed E-state index contributed by atoms with van der Waals surface area (Å²) >= 11 is 9.17. The van der Waals surface area contributed by atoms with Crippen molar-refractivity contribution in [1.29, 1.82) is 0 Å². The third-order valence-corrected chi connectivity index (χ3v) is 4.51. The molecular formula is C22H16BrClN2O4. The summed E-state index contributed by atoms with van der Waals surface area (Å²) in [5, 5.41) is 4.49. The molecule has 0 saturated heterocycles. The van der Waals surface area contributed by atoms with Crippen LogP contribution in [0.2, 0.25) is 5.02 Å². The number of halogens is 2. The van der Waals surface area contributed by atoms with Gasteiger partial charge in [0, 0.05) is 15.1 Å². The number of esters is 1. The molecule has 3 aromatic carbocycles. The fourth-order valence-corrected chi connectivity index (χ4v) is 2.84. The number of carbonyl (C=O) groups excluding carboxylic acids is 2. The molecule has 0 aliphatic heterocycles. The maximum Gasteiger partial charge on any atom is 0.343 e. The highest BCUT2D eigenvalue weighted by Crippen LogP contribution is 2.23. The summed E-state index contributed by atoms with van der Waals surface area (Å²) < 4.78 is 11.6. The van der Waals surface area contributed by atoms with Crippen LogP contribution in [-0.2, 0) is 4.79 Å². The molecule has 0 heterocycles. The van der Waals surface area contributed by atoms with Crippen molar-refractivity contribution in [2.45, 2.75) is 0 Å². The minimum absolute atomic E-state index is 0.215. The van der Waals surface area contributed by atoms with E-state index in [9.17, 15) is 9.59 Å². The van der Waals surface area contributed by atoms with Gasteiger partial charge in [-0.15, -0.1) is 0 Å². The molecule has 30 heavy (non-hydrogen) atoms. The van der Waals surface area contributed by atoms with Gasteiger partial charge in [0.1, 0.15) is 11.5 Å². The van der Waals surface area contributed by atoms with Gasteiger partial charge >= 0.3 is 5.97 Å². The molecule has 0 atom stereocenters. The van der Waals surface area contributed by atoms with Gasteiger partial charge in [-0.1, -0.05) is 45.7 Å². The molecule has 0 bridgehead atoms. The highest BCUT2D eigenvalue weighted by Gasteiger charge is 2.11. The van der Waals surface area contributed by atoms with E-state index >= 15 is 0 Å². The summed E-state index contributed by atoms with van der Waals surface area (Å²) in [6, 6.07) is 20.4. The number of benzene rings is 3. The first-order valence-electron chi connectivity index (χ1n) is 8.78. The summed E-state index contributed by atoms with van der Waals surface area (Å²) in [5.74, 6) is -0.116. The summed E-state index contributed by atoms with van der Waals surface area (Å²) in [5.41, 5.74) is 3.30. The third-order valence-electron chi connectivity index (χ3n) is 3.76. The maximum atomic E-state index is 12.3. The van der Waals surface area contributed by atoms with Gasteiger partial charge in [0.15, 0.2) is 6.61 Å². The van der Waals surface area contributed by atoms with Gasteiger partial charge in [-0.3, -0.25) is 4.79 Å². The van der Waals surface area contributed by atoms with Crippen LogP contribution >= 0.6 is 27.5 Å². The molecule has 8 heteroatoms. The predicted octanol–water partition coefficient (Wildman–Crippen LogP) is 4.85. The monoisotopic (exact) mass is 486 g/mol. The summed E-state index contributed by atoms with van der Waals surface area (Å²) in [7, 11) is 0. The zero-order chi connectivity index (χ0) is 21.3. The van der Waals surface area contributed by atoms with Gasteiger partial charge in [0.05, 0.1) is 11.8 Å². The molecule has 0 aromatic heterocycles. The average molecular weight is 488 g/mol. The Bertz CT molecular complexity index is 1060. The smallest absolute Gasteiger partial charge is 0.343 e. The Balaban J connectivity index is 1.60. The number of amides is 1. The average Bonchev–Trinajstić information content (AvgIpc) is 2.75. The SMILES string of the molecule is O=C(COc1ccc(Cl)cc1)N/N=C/c1cc(Br)ccc1OC(=O)c1ccccc1. The van der Waals surface area contributed by atoms with Crippen LogP contribution in [0.15, 0.2) is 82.4 Å². The van der Waals surface area contributed by atoms with Crippen molar-refractivity contribution in [2.24, 2.45) is 5.10 Å². The number of hydrogen-bond acceptors (Lipinski definition) is 5. The van der Waals surface area contributed by atoms with E-state index in [1.54, 1.807) is 66.7 Å². The van der Waals surface area contributed by atoms with Crippen LogP contribution in [0, 0.1) is 0 Å². The van der Waals surface area contributed by atoms with E-state index in [4.69, 9.17) is 21.1 Å². The van der Waals surface area contributed by atoms with Crippen LogP contribution in [0.5, 0.6) is 11.5 Å². The fraction of sp³-hybridized carbons (Fsp3) is 0.0455. The van der Waals surface area contributed by atoms with E-state index in [2.05, 4.69) is 26.5 Å². The third kappa shape index (κ3) is 6.43. The molecule has 1 N–H and O–H groups in total. The Morgan fingerprint density at radius 1 is 1.03 bits per heavy atom. The number of nitrogens with one attached hydrogen (secondary N) is 1. The van der Waals surface area contributed by atoms with Crippen LogP contribution in [0.3, 0.4) is 0 Å². The fourth-order valence-electron chi connectivity index (χ4n) is 2.33. The number of ether oxygens (including phenoxy) is 2. The molecule has 3 rings (SSSR count). The zero-order valence-corrected chi connectivity index (χ0v) is 17.9. The van der Waals surface area contributed by atoms with Crippen molar-refractivity contribution in [2.75, 3.05) is 6.61 Å². The van der Waals surface area contributed by atoms with Crippen LogP contribution in [-0.4, -0.2) is 24.7 Å². The summed E-state index contributed by atoms with van der Waals surface area (Å²) in [6.45, 7) is -0.215. The van der Waals surface area contributed by atoms with Gasteiger partial charge in [0.2, 0.25) is 0 Å². The molecule has 0 spiro atoms. The Hall–Kier alpha value is -3.16. The van der Waals surface area contributed by atoms with Crippen molar-refractivity contribution in [1.82, 2.24) is 5.43 Å². The molecular weight excluding hydrogens is 472 g/mol. The minimum Gasteiger partial charge on any atom is -0.484 e. The van der Waals surface area contributed by atoms with E-state index in [1.165, 1.54) is 6.21 Å². The Kier molecular flexibility index (Phi) is 7.59. The number of rotatable bonds is 7. The first-order valence-corrected chi connectivity index (χ1v) is 9.95. The van der Waals surface area contributed by atoms with Gasteiger partial charge in [-0.05, 0) is 54.6 Å². The van der Waals surface area contributed by atoms with Crippen LogP contribution < -0.4 is 14.9 Å². The van der Waals surface area contributed by atoms with Crippen molar-refractivity contribution in [3.05, 3.63) is 93.4 Å². The van der Waals surface area contributed by atoms with Crippen molar-refractivity contribution < 1.29 is 19.1 Å². The molecule has 0 aliphatic rings. The van der Waals surface area contributed by atoms with Gasteiger partial charge in [-0.2, -0.15) is 5.10 Å². The number of hydrogen-bond donors (Lipinski definition) is 1. The predicted molar refractivity (Wildman–Crippen MR) is 118 cm³/mol. The van der Waals surface area contributed by atoms with Crippen LogP contribution in [0.4, 0.5) is 0 Å². The molecule has 3 aromatic rings. The maximum absolute atomic E-state index is 12.3. The molecule has 0 unspecified atom stereocenters. The Labute approximate surface area is 186 Å². The van der Waals surface area contributed by atoms with Gasteiger partial charge < -0.3 is 9.47 Å². The molecule has 0 aliphatic carbocycles. The lowest BCUT2D eigenvalue weighted by molar-refractivity contribution is -0.123. The van der Waals surface area contributed by atoms with Crippen LogP contribution in [0.25, 0.3) is 0 Å². The lowest BCUT2D eigenvalue weighted by Crippen LogP contribution is -2.24. The van der Waals surface area contributed by atoms with Crippen molar-refractivity contribution >= 4 is 45.6 Å². The van der Waals surface area contributed by atoms with Crippen molar-refractivity contribution in [3.63, 3.8) is 0 Å². The second-order valence-corrected chi connectivity index (χ2v) is 7.33. The highest BCUT2D eigenvalue weighted by atomic mass is 79.9. The Morgan fingerprint density at radius 3 is 2.50 bits per heavy atom. The first-order chi connectivity index (χ1) is 14.5. The first kappa shape index (κ1) is 21.5. The minimum atomic E-state index is -0.493. The zero-order valence-electron chi connectivity index (χ0n) is 15.5. The molecule has 6 nitrogen and oxygen atoms in total. The molecule has 1 amide bonds. The quantitative estimate of drug-likeness (QED) is 0.224. The molecule has 152 valence electrons. The number of nitrogens with zero attached hydrogens (tertiary/aromatic N) is 1. The molecule has 0 saturated carbocycles. The lowest BCUT2D eigenvalue weighted by Gasteiger charge is -2.08. The standard InChI is InChI=1S/C22H16BrClN2O4/c23-17-6-11-20(30-22(28)15-4-2-1-3-5-15)16(12-17)13-25-26-21(27)14-29-19-9-7-18(24)8-10-19/h1-13H,14H2,(H,26,27)/b25-13+. The summed E-state index contributed by atoms with van der Waals surface area (Å²) in [6.07, 6.45) is 1.39. The molecule has 0 fully saturated rings. The topological polar surface area (TPSA) is 77.0 Å². The lowest BCUT2D eigenvalue weighted by atomic mass is 10.2. The van der Waals surface area contributed by atoms with Gasteiger partial charge in [-0.25, -0.2) is 10.2 Å². The van der Waals surface area contributed by atoms with E-state index < -0.39 is 11.9 Å². The van der Waals surface area contributed by atoms with E-state index in [0.29, 0.717) is 27.6 Å². The van der Waals surface area contributed by atoms with E-state index in [0.717, 1.165) is 4.47 Å². The number of carbonyl (C=O) groups is 2. The summed E-state index contributed by atoms with van der Waals surface area (Å²) in [4.78, 5) is 24.2. The second-order valence-electron chi connectivity index (χ2n) is 5.97. The van der Waals surface area contributed by atoms with E-state index in [-0.39, 0.29) is 6.61 Å². The normalized spacial score (nSPS) is 10.6. The van der Waals surface area contributed by atoms with E-state index in [1.807, 2.05) is 6.07 Å². The van der Waals surface area contributed by atoms with Crippen LogP contribution in [0.1, 0.15) is 15.9 Å². The van der Waals surface area contributed by atoms with Crippen molar-refractivity contribution in [3.8, 4) is 11.5 Å². The molecule has 0 radical (unpaired) electrons. The largest absolute Gasteiger partial charge is 0.484 e. The number of hydrazone groups is 1.